The molecule has 1 aliphatic heterocycles. The van der Waals surface area contributed by atoms with Crippen LogP contribution in [0.25, 0.3) is 0 Å². The van der Waals surface area contributed by atoms with Gasteiger partial charge in [-0.15, -0.1) is 0 Å². The van der Waals surface area contributed by atoms with Crippen LogP contribution < -0.4 is 0 Å². The number of carbonyl (C=O) groups is 2. The molecule has 1 heterocycles. The van der Waals surface area contributed by atoms with Gasteiger partial charge in [-0.05, 0) is 13.0 Å². The standard InChI is InChI=1S/C16H13FN2O4/c1-3-5-13-12(4-2)15(20)18(16(13)21)9-10-6-7-11(19(22)23)8-14(10)17/h3-8H,2,9H2,1H3/b5-3-. The molecule has 2 amide bonds. The predicted molar refractivity (Wildman–Crippen MR) is 80.6 cm³/mol. The summed E-state index contributed by atoms with van der Waals surface area (Å²) in [4.78, 5) is 35.3. The fourth-order valence-corrected chi connectivity index (χ4v) is 2.23. The van der Waals surface area contributed by atoms with Crippen molar-refractivity contribution in [3.05, 3.63) is 75.6 Å². The Morgan fingerprint density at radius 2 is 1.96 bits per heavy atom. The lowest BCUT2D eigenvalue weighted by atomic mass is 10.1. The van der Waals surface area contributed by atoms with Crippen molar-refractivity contribution >= 4 is 17.5 Å². The minimum absolute atomic E-state index is 0.0161. The number of nitro benzene ring substituents is 1. The van der Waals surface area contributed by atoms with Gasteiger partial charge in [0, 0.05) is 11.6 Å². The fraction of sp³-hybridized carbons (Fsp3) is 0.125. The number of benzene rings is 1. The first-order valence-corrected chi connectivity index (χ1v) is 6.69. The van der Waals surface area contributed by atoms with Crippen LogP contribution in [0.2, 0.25) is 0 Å². The molecule has 0 saturated heterocycles. The monoisotopic (exact) mass is 316 g/mol. The van der Waals surface area contributed by atoms with Crippen molar-refractivity contribution in [2.24, 2.45) is 0 Å². The van der Waals surface area contributed by atoms with Gasteiger partial charge in [0.15, 0.2) is 0 Å². The van der Waals surface area contributed by atoms with E-state index in [0.717, 1.165) is 17.0 Å². The number of amides is 2. The molecule has 0 aliphatic carbocycles. The Morgan fingerprint density at radius 3 is 2.48 bits per heavy atom. The van der Waals surface area contributed by atoms with Crippen LogP contribution >= 0.6 is 0 Å². The van der Waals surface area contributed by atoms with Crippen molar-refractivity contribution in [1.29, 1.82) is 0 Å². The zero-order valence-corrected chi connectivity index (χ0v) is 12.3. The third kappa shape index (κ3) is 2.94. The van der Waals surface area contributed by atoms with Crippen LogP contribution in [-0.4, -0.2) is 21.6 Å². The maximum Gasteiger partial charge on any atom is 0.272 e. The number of hydrogen-bond donors (Lipinski definition) is 0. The van der Waals surface area contributed by atoms with Crippen LogP contribution in [0.5, 0.6) is 0 Å². The number of hydrogen-bond acceptors (Lipinski definition) is 4. The summed E-state index contributed by atoms with van der Waals surface area (Å²) >= 11 is 0. The van der Waals surface area contributed by atoms with E-state index >= 15 is 0 Å². The number of nitrogens with zero attached hydrogens (tertiary/aromatic N) is 2. The molecule has 0 unspecified atom stereocenters. The quantitative estimate of drug-likeness (QED) is 0.475. The molecule has 2 rings (SSSR count). The van der Waals surface area contributed by atoms with Crippen LogP contribution in [0.15, 0.2) is 54.2 Å². The average molecular weight is 316 g/mol. The molecular formula is C16H13FN2O4. The van der Waals surface area contributed by atoms with Crippen molar-refractivity contribution in [1.82, 2.24) is 4.90 Å². The third-order valence-corrected chi connectivity index (χ3v) is 3.35. The Labute approximate surface area is 131 Å². The third-order valence-electron chi connectivity index (χ3n) is 3.35. The van der Waals surface area contributed by atoms with Crippen LogP contribution in [0, 0.1) is 15.9 Å². The van der Waals surface area contributed by atoms with E-state index in [2.05, 4.69) is 6.58 Å². The van der Waals surface area contributed by atoms with Crippen molar-refractivity contribution < 1.29 is 18.9 Å². The minimum Gasteiger partial charge on any atom is -0.270 e. The highest BCUT2D eigenvalue weighted by atomic mass is 19.1. The maximum absolute atomic E-state index is 13.9. The largest absolute Gasteiger partial charge is 0.272 e. The number of imide groups is 1. The van der Waals surface area contributed by atoms with Gasteiger partial charge in [-0.1, -0.05) is 24.8 Å². The Bertz CT molecular complexity index is 780. The molecule has 0 fully saturated rings. The maximum atomic E-state index is 13.9. The number of allylic oxidation sites excluding steroid dienone is 1. The van der Waals surface area contributed by atoms with Crippen molar-refractivity contribution in [2.75, 3.05) is 0 Å². The van der Waals surface area contributed by atoms with Gasteiger partial charge in [-0.3, -0.25) is 24.6 Å². The molecule has 7 heteroatoms. The zero-order chi connectivity index (χ0) is 17.1. The minimum atomic E-state index is -0.848. The van der Waals surface area contributed by atoms with E-state index in [1.165, 1.54) is 18.2 Å². The van der Waals surface area contributed by atoms with Crippen molar-refractivity contribution in [3.63, 3.8) is 0 Å². The van der Waals surface area contributed by atoms with Crippen molar-refractivity contribution in [3.8, 4) is 0 Å². The summed E-state index contributed by atoms with van der Waals surface area (Å²) in [6.07, 6.45) is 4.38. The second-order valence-corrected chi connectivity index (χ2v) is 4.76. The van der Waals surface area contributed by atoms with Crippen LogP contribution in [0.3, 0.4) is 0 Å². The van der Waals surface area contributed by atoms with Crippen LogP contribution in [-0.2, 0) is 16.1 Å². The van der Waals surface area contributed by atoms with E-state index in [-0.39, 0.29) is 23.3 Å². The van der Waals surface area contributed by atoms with Gasteiger partial charge in [-0.2, -0.15) is 0 Å². The fourth-order valence-electron chi connectivity index (χ4n) is 2.23. The van der Waals surface area contributed by atoms with E-state index in [1.54, 1.807) is 13.0 Å². The summed E-state index contributed by atoms with van der Waals surface area (Å²) in [5.74, 6) is -1.98. The van der Waals surface area contributed by atoms with Gasteiger partial charge >= 0.3 is 0 Å². The van der Waals surface area contributed by atoms with Crippen LogP contribution in [0.4, 0.5) is 10.1 Å². The molecule has 23 heavy (non-hydrogen) atoms. The van der Waals surface area contributed by atoms with Gasteiger partial charge in [0.2, 0.25) is 0 Å². The van der Waals surface area contributed by atoms with Gasteiger partial charge in [0.05, 0.1) is 28.7 Å². The van der Waals surface area contributed by atoms with Gasteiger partial charge in [0.1, 0.15) is 5.82 Å². The lowest BCUT2D eigenvalue weighted by Crippen LogP contribution is -2.31. The Hall–Kier alpha value is -3.09. The normalized spacial score (nSPS) is 15.0. The first-order chi connectivity index (χ1) is 10.9. The first kappa shape index (κ1) is 16.3. The second-order valence-electron chi connectivity index (χ2n) is 4.76. The van der Waals surface area contributed by atoms with E-state index in [0.29, 0.717) is 0 Å². The molecular weight excluding hydrogens is 303 g/mol. The number of rotatable bonds is 5. The van der Waals surface area contributed by atoms with Gasteiger partial charge in [0.25, 0.3) is 17.5 Å². The summed E-state index contributed by atoms with van der Waals surface area (Å²) in [5, 5.41) is 10.6. The Kier molecular flexibility index (Phi) is 4.49. The lowest BCUT2D eigenvalue weighted by molar-refractivity contribution is -0.385. The number of halogens is 1. The SMILES string of the molecule is C=CC1=C(/C=C\C)C(=O)N(Cc2ccc([N+](=O)[O-])cc2F)C1=O. The molecule has 1 aromatic rings. The summed E-state index contributed by atoms with van der Waals surface area (Å²) in [6.45, 7) is 4.90. The lowest BCUT2D eigenvalue weighted by Gasteiger charge is -2.15. The molecule has 0 radical (unpaired) electrons. The molecule has 0 spiro atoms. The molecule has 0 aromatic heterocycles. The molecule has 0 saturated carbocycles. The predicted octanol–water partition coefficient (Wildman–Crippen LogP) is 2.66. The molecule has 0 N–H and O–H groups in total. The van der Waals surface area contributed by atoms with Crippen molar-refractivity contribution in [2.45, 2.75) is 13.5 Å². The molecule has 1 aromatic carbocycles. The van der Waals surface area contributed by atoms with E-state index in [1.807, 2.05) is 0 Å². The molecule has 0 bridgehead atoms. The number of nitro groups is 1. The number of non-ortho nitro benzene ring substituents is 1. The van der Waals surface area contributed by atoms with Gasteiger partial charge in [-0.25, -0.2) is 4.39 Å². The Balaban J connectivity index is 2.32. The molecule has 1 aliphatic rings. The zero-order valence-electron chi connectivity index (χ0n) is 12.3. The first-order valence-electron chi connectivity index (χ1n) is 6.69. The topological polar surface area (TPSA) is 80.5 Å². The highest BCUT2D eigenvalue weighted by molar-refractivity contribution is 6.21. The highest BCUT2D eigenvalue weighted by Gasteiger charge is 2.35. The number of carbonyl (C=O) groups excluding carboxylic acids is 2. The smallest absolute Gasteiger partial charge is 0.270 e. The highest BCUT2D eigenvalue weighted by Crippen LogP contribution is 2.26. The van der Waals surface area contributed by atoms with Crippen LogP contribution in [0.1, 0.15) is 12.5 Å². The summed E-state index contributed by atoms with van der Waals surface area (Å²) < 4.78 is 13.9. The van der Waals surface area contributed by atoms with E-state index in [9.17, 15) is 24.1 Å². The van der Waals surface area contributed by atoms with E-state index in [4.69, 9.17) is 0 Å². The Morgan fingerprint density at radius 1 is 1.30 bits per heavy atom. The molecule has 118 valence electrons. The van der Waals surface area contributed by atoms with Gasteiger partial charge < -0.3 is 0 Å². The van der Waals surface area contributed by atoms with E-state index < -0.39 is 28.2 Å². The summed E-state index contributed by atoms with van der Waals surface area (Å²) in [6, 6.07) is 3.07. The summed E-state index contributed by atoms with van der Waals surface area (Å²) in [5.41, 5.74) is -0.0440. The second kappa shape index (κ2) is 6.35. The average Bonchev–Trinajstić information content (AvgIpc) is 2.73. The summed E-state index contributed by atoms with van der Waals surface area (Å²) in [7, 11) is 0. The molecule has 6 nitrogen and oxygen atoms in total. The molecule has 0 atom stereocenters.